The van der Waals surface area contributed by atoms with Crippen LogP contribution < -0.4 is 5.32 Å². The molecule has 1 N–H and O–H groups in total. The molecule has 0 saturated heterocycles. The normalized spacial score (nSPS) is 10.8. The number of rotatable bonds is 7. The summed E-state index contributed by atoms with van der Waals surface area (Å²) in [6.45, 7) is 5.42. The highest BCUT2D eigenvalue weighted by molar-refractivity contribution is 6.06. The first kappa shape index (κ1) is 18.2. The van der Waals surface area contributed by atoms with E-state index in [4.69, 9.17) is 0 Å². The molecule has 2 rings (SSSR count). The van der Waals surface area contributed by atoms with E-state index >= 15 is 0 Å². The first-order chi connectivity index (χ1) is 12.1. The average Bonchev–Trinajstić information content (AvgIpc) is 2.64. The lowest BCUT2D eigenvalue weighted by molar-refractivity contribution is -0.112. The molecule has 0 spiro atoms. The van der Waals surface area contributed by atoms with Crippen molar-refractivity contribution in [2.45, 2.75) is 20.3 Å². The van der Waals surface area contributed by atoms with E-state index in [1.165, 1.54) is 5.56 Å². The lowest BCUT2D eigenvalue weighted by Gasteiger charge is -2.18. The maximum Gasteiger partial charge on any atom is 0.267 e. The van der Waals surface area contributed by atoms with E-state index in [1.807, 2.05) is 61.2 Å². The van der Waals surface area contributed by atoms with Crippen molar-refractivity contribution in [2.75, 3.05) is 18.4 Å². The Kier molecular flexibility index (Phi) is 6.73. The molecule has 1 aromatic heterocycles. The SMILES string of the molecule is CCN(/C=C(/C#N)C(=O)Nc1ccc(C)cc1)CCc1ccncc1. The second kappa shape index (κ2) is 9.24. The van der Waals surface area contributed by atoms with Gasteiger partial charge in [-0.3, -0.25) is 9.78 Å². The van der Waals surface area contributed by atoms with E-state index in [0.717, 1.165) is 18.5 Å². The summed E-state index contributed by atoms with van der Waals surface area (Å²) in [5, 5.41) is 12.1. The molecule has 0 radical (unpaired) electrons. The van der Waals surface area contributed by atoms with Gasteiger partial charge < -0.3 is 10.2 Å². The van der Waals surface area contributed by atoms with Crippen LogP contribution in [0.4, 0.5) is 5.69 Å². The molecule has 0 aliphatic carbocycles. The van der Waals surface area contributed by atoms with Gasteiger partial charge in [0.2, 0.25) is 0 Å². The topological polar surface area (TPSA) is 69.0 Å². The Morgan fingerprint density at radius 1 is 1.24 bits per heavy atom. The molecule has 5 heteroatoms. The number of amides is 1. The standard InChI is InChI=1S/C20H22N4O/c1-3-24(13-10-17-8-11-22-12-9-17)15-18(14-21)20(25)23-19-6-4-16(2)5-7-19/h4-9,11-12,15H,3,10,13H2,1-2H3,(H,23,25)/b18-15-. The van der Waals surface area contributed by atoms with Crippen molar-refractivity contribution in [2.24, 2.45) is 0 Å². The first-order valence-corrected chi connectivity index (χ1v) is 8.25. The smallest absolute Gasteiger partial charge is 0.267 e. The van der Waals surface area contributed by atoms with Crippen molar-refractivity contribution in [3.63, 3.8) is 0 Å². The van der Waals surface area contributed by atoms with Crippen LogP contribution in [0, 0.1) is 18.3 Å². The summed E-state index contributed by atoms with van der Waals surface area (Å²) in [4.78, 5) is 18.3. The van der Waals surface area contributed by atoms with Gasteiger partial charge in [-0.15, -0.1) is 0 Å². The van der Waals surface area contributed by atoms with Gasteiger partial charge >= 0.3 is 0 Å². The fraction of sp³-hybridized carbons (Fsp3) is 0.250. The molecule has 0 unspecified atom stereocenters. The minimum Gasteiger partial charge on any atom is -0.376 e. The number of nitriles is 1. The molecule has 0 atom stereocenters. The quantitative estimate of drug-likeness (QED) is 0.623. The van der Waals surface area contributed by atoms with Gasteiger partial charge in [0.15, 0.2) is 0 Å². The minimum atomic E-state index is -0.395. The zero-order valence-corrected chi connectivity index (χ0v) is 14.6. The molecule has 0 aliphatic heterocycles. The third kappa shape index (κ3) is 5.78. The van der Waals surface area contributed by atoms with Gasteiger partial charge in [-0.2, -0.15) is 5.26 Å². The largest absolute Gasteiger partial charge is 0.376 e. The van der Waals surface area contributed by atoms with E-state index in [9.17, 15) is 10.1 Å². The van der Waals surface area contributed by atoms with E-state index in [0.29, 0.717) is 12.2 Å². The highest BCUT2D eigenvalue weighted by Crippen LogP contribution is 2.11. The number of anilines is 1. The first-order valence-electron chi connectivity index (χ1n) is 8.25. The molecule has 128 valence electrons. The molecule has 1 amide bonds. The molecular weight excluding hydrogens is 312 g/mol. The summed E-state index contributed by atoms with van der Waals surface area (Å²) in [6, 6.07) is 13.4. The van der Waals surface area contributed by atoms with Gasteiger partial charge in [0, 0.05) is 37.4 Å². The van der Waals surface area contributed by atoms with Crippen LogP contribution in [0.25, 0.3) is 0 Å². The van der Waals surface area contributed by atoms with E-state index in [1.54, 1.807) is 18.6 Å². The second-order valence-electron chi connectivity index (χ2n) is 5.71. The second-order valence-corrected chi connectivity index (χ2v) is 5.71. The molecule has 5 nitrogen and oxygen atoms in total. The summed E-state index contributed by atoms with van der Waals surface area (Å²) >= 11 is 0. The van der Waals surface area contributed by atoms with Crippen LogP contribution in [-0.4, -0.2) is 28.9 Å². The highest BCUT2D eigenvalue weighted by atomic mass is 16.1. The highest BCUT2D eigenvalue weighted by Gasteiger charge is 2.11. The summed E-state index contributed by atoms with van der Waals surface area (Å²) in [5.41, 5.74) is 3.06. The number of hydrogen-bond donors (Lipinski definition) is 1. The van der Waals surface area contributed by atoms with Crippen molar-refractivity contribution in [1.82, 2.24) is 9.88 Å². The Balaban J connectivity index is 2.01. The monoisotopic (exact) mass is 334 g/mol. The van der Waals surface area contributed by atoms with Crippen molar-refractivity contribution in [1.29, 1.82) is 5.26 Å². The number of aromatic nitrogens is 1. The summed E-state index contributed by atoms with van der Waals surface area (Å²) < 4.78 is 0. The minimum absolute atomic E-state index is 0.0946. The average molecular weight is 334 g/mol. The number of benzene rings is 1. The molecule has 2 aromatic rings. The predicted molar refractivity (Wildman–Crippen MR) is 98.7 cm³/mol. The van der Waals surface area contributed by atoms with Gasteiger partial charge in [0.1, 0.15) is 11.6 Å². The van der Waals surface area contributed by atoms with Crippen LogP contribution in [-0.2, 0) is 11.2 Å². The Morgan fingerprint density at radius 2 is 1.92 bits per heavy atom. The van der Waals surface area contributed by atoms with E-state index in [2.05, 4.69) is 10.3 Å². The molecule has 0 bridgehead atoms. The number of aryl methyl sites for hydroxylation is 1. The molecule has 1 aromatic carbocycles. The number of likely N-dealkylation sites (N-methyl/N-ethyl adjacent to an activating group) is 1. The van der Waals surface area contributed by atoms with Crippen molar-refractivity contribution in [3.05, 3.63) is 71.7 Å². The Labute approximate surface area is 148 Å². The van der Waals surface area contributed by atoms with Gasteiger partial charge in [-0.25, -0.2) is 0 Å². The van der Waals surface area contributed by atoms with Gasteiger partial charge in [0.25, 0.3) is 5.91 Å². The van der Waals surface area contributed by atoms with Crippen LogP contribution in [0.1, 0.15) is 18.1 Å². The number of carbonyl (C=O) groups is 1. The van der Waals surface area contributed by atoms with Crippen LogP contribution >= 0.6 is 0 Å². The molecule has 0 fully saturated rings. The maximum atomic E-state index is 12.3. The summed E-state index contributed by atoms with van der Waals surface area (Å²) in [6.07, 6.45) is 5.98. The van der Waals surface area contributed by atoms with Crippen molar-refractivity contribution >= 4 is 11.6 Å². The van der Waals surface area contributed by atoms with Crippen LogP contribution in [0.15, 0.2) is 60.6 Å². The number of carbonyl (C=O) groups excluding carboxylic acids is 1. The number of nitrogens with zero attached hydrogens (tertiary/aromatic N) is 3. The predicted octanol–water partition coefficient (Wildman–Crippen LogP) is 3.30. The molecular formula is C20H22N4O. The van der Waals surface area contributed by atoms with Crippen molar-refractivity contribution in [3.8, 4) is 6.07 Å². The zero-order chi connectivity index (χ0) is 18.1. The van der Waals surface area contributed by atoms with Crippen molar-refractivity contribution < 1.29 is 4.79 Å². The Morgan fingerprint density at radius 3 is 2.52 bits per heavy atom. The summed E-state index contributed by atoms with van der Waals surface area (Å²) in [7, 11) is 0. The Bertz CT molecular complexity index is 761. The number of nitrogens with one attached hydrogen (secondary N) is 1. The number of hydrogen-bond acceptors (Lipinski definition) is 4. The van der Waals surface area contributed by atoms with Gasteiger partial charge in [-0.05, 0) is 50.1 Å². The molecule has 0 saturated carbocycles. The van der Waals surface area contributed by atoms with Crippen LogP contribution in [0.2, 0.25) is 0 Å². The van der Waals surface area contributed by atoms with Gasteiger partial charge in [0.05, 0.1) is 0 Å². The molecule has 25 heavy (non-hydrogen) atoms. The van der Waals surface area contributed by atoms with Crippen LogP contribution in [0.3, 0.4) is 0 Å². The lowest BCUT2D eigenvalue weighted by Crippen LogP contribution is -2.23. The van der Waals surface area contributed by atoms with E-state index in [-0.39, 0.29) is 5.57 Å². The fourth-order valence-corrected chi connectivity index (χ4v) is 2.29. The molecule has 0 aliphatic rings. The van der Waals surface area contributed by atoms with E-state index < -0.39 is 5.91 Å². The fourth-order valence-electron chi connectivity index (χ4n) is 2.29. The van der Waals surface area contributed by atoms with Crippen LogP contribution in [0.5, 0.6) is 0 Å². The third-order valence-electron chi connectivity index (χ3n) is 3.83. The zero-order valence-electron chi connectivity index (χ0n) is 14.6. The lowest BCUT2D eigenvalue weighted by atomic mass is 10.2. The molecule has 1 heterocycles. The third-order valence-corrected chi connectivity index (χ3v) is 3.83. The summed E-state index contributed by atoms with van der Waals surface area (Å²) in [5.74, 6) is -0.395. The maximum absolute atomic E-state index is 12.3. The Hall–Kier alpha value is -3.13. The number of pyridine rings is 1. The van der Waals surface area contributed by atoms with Gasteiger partial charge in [-0.1, -0.05) is 17.7 Å².